The Morgan fingerprint density at radius 1 is 1.12 bits per heavy atom. The van der Waals surface area contributed by atoms with Crippen LogP contribution in [-0.2, 0) is 12.7 Å². The number of hydrogen-bond donors (Lipinski definition) is 2. The van der Waals surface area contributed by atoms with Gasteiger partial charge in [0.15, 0.2) is 0 Å². The molecule has 4 nitrogen and oxygen atoms in total. The van der Waals surface area contributed by atoms with Crippen LogP contribution in [0.25, 0.3) is 16.6 Å². The Morgan fingerprint density at radius 2 is 1.79 bits per heavy atom. The number of pyridine rings is 1. The Labute approximate surface area is 134 Å². The van der Waals surface area contributed by atoms with Gasteiger partial charge in [0.1, 0.15) is 0 Å². The Morgan fingerprint density at radius 3 is 2.33 bits per heavy atom. The second kappa shape index (κ2) is 5.68. The van der Waals surface area contributed by atoms with Crippen molar-refractivity contribution in [2.24, 2.45) is 5.73 Å². The van der Waals surface area contributed by atoms with E-state index in [0.29, 0.717) is 22.3 Å². The first-order valence-corrected chi connectivity index (χ1v) is 7.07. The number of hydrogen-bond acceptors (Lipinski definition) is 2. The average Bonchev–Trinajstić information content (AvgIpc) is 2.88. The molecular weight excluding hydrogens is 321 g/mol. The molecule has 24 heavy (non-hydrogen) atoms. The minimum Gasteiger partial charge on any atom is -0.478 e. The first-order valence-electron chi connectivity index (χ1n) is 7.07. The molecule has 0 atom stereocenters. The number of carboxylic acids is 1. The van der Waals surface area contributed by atoms with Crippen molar-refractivity contribution in [3.8, 4) is 11.1 Å². The number of aromatic carboxylic acids is 1. The van der Waals surface area contributed by atoms with E-state index in [2.05, 4.69) is 0 Å². The van der Waals surface area contributed by atoms with Crippen LogP contribution >= 0.6 is 0 Å². The maximum absolute atomic E-state index is 12.7. The van der Waals surface area contributed by atoms with Gasteiger partial charge in [-0.25, -0.2) is 4.79 Å². The van der Waals surface area contributed by atoms with Gasteiger partial charge in [0, 0.05) is 24.0 Å². The minimum atomic E-state index is -4.45. The van der Waals surface area contributed by atoms with E-state index in [0.717, 1.165) is 12.1 Å². The molecule has 0 saturated heterocycles. The van der Waals surface area contributed by atoms with Crippen molar-refractivity contribution in [1.82, 2.24) is 4.40 Å². The lowest BCUT2D eigenvalue weighted by molar-refractivity contribution is -0.137. The van der Waals surface area contributed by atoms with Gasteiger partial charge < -0.3 is 15.2 Å². The molecule has 3 rings (SSSR count). The third-order valence-corrected chi connectivity index (χ3v) is 3.85. The zero-order chi connectivity index (χ0) is 17.5. The van der Waals surface area contributed by atoms with Crippen LogP contribution in [0.5, 0.6) is 0 Å². The van der Waals surface area contributed by atoms with Gasteiger partial charge in [0.25, 0.3) is 0 Å². The van der Waals surface area contributed by atoms with Crippen molar-refractivity contribution < 1.29 is 23.1 Å². The molecule has 0 bridgehead atoms. The third-order valence-electron chi connectivity index (χ3n) is 3.85. The summed E-state index contributed by atoms with van der Waals surface area (Å²) < 4.78 is 39.8. The van der Waals surface area contributed by atoms with Crippen LogP contribution in [0.2, 0.25) is 0 Å². The summed E-state index contributed by atoms with van der Waals surface area (Å²) in [6, 6.07) is 9.46. The Hall–Kier alpha value is -2.80. The fraction of sp³-hybridized carbons (Fsp3) is 0.118. The highest BCUT2D eigenvalue weighted by Crippen LogP contribution is 2.35. The Balaban J connectivity index is 2.29. The molecule has 0 aliphatic rings. The Bertz CT molecular complexity index is 912. The summed E-state index contributed by atoms with van der Waals surface area (Å²) in [6.07, 6.45) is -2.77. The van der Waals surface area contributed by atoms with Gasteiger partial charge >= 0.3 is 12.1 Å². The lowest BCUT2D eigenvalue weighted by atomic mass is 9.99. The summed E-state index contributed by atoms with van der Waals surface area (Å²) in [5.74, 6) is -1.16. The maximum Gasteiger partial charge on any atom is 0.416 e. The minimum absolute atomic E-state index is 0.0239. The lowest BCUT2D eigenvalue weighted by Gasteiger charge is -2.09. The number of nitrogens with two attached hydrogens (primary N) is 1. The first-order chi connectivity index (χ1) is 11.3. The molecular formula is C17H13F3N2O2. The maximum atomic E-state index is 12.7. The van der Waals surface area contributed by atoms with Crippen LogP contribution in [0.3, 0.4) is 0 Å². The molecule has 0 saturated carbocycles. The number of alkyl halides is 3. The standard InChI is InChI=1S/C17H13F3N2O2/c18-17(19,20)11-6-4-10(5-7-11)14-13(9-21)22-8-2-1-3-12(22)15(14)16(23)24/h1-8H,9,21H2,(H,23,24). The normalized spacial score (nSPS) is 11.8. The van der Waals surface area contributed by atoms with Gasteiger partial charge in [-0.3, -0.25) is 0 Å². The summed E-state index contributed by atoms with van der Waals surface area (Å²) in [6.45, 7) is 0.0504. The van der Waals surface area contributed by atoms with E-state index in [9.17, 15) is 23.1 Å². The monoisotopic (exact) mass is 334 g/mol. The molecule has 0 fully saturated rings. The van der Waals surface area contributed by atoms with Crippen molar-refractivity contribution in [1.29, 1.82) is 0 Å². The first kappa shape index (κ1) is 16.1. The molecule has 0 amide bonds. The lowest BCUT2D eigenvalue weighted by Crippen LogP contribution is -2.05. The molecule has 2 heterocycles. The van der Waals surface area contributed by atoms with Crippen LogP contribution in [-0.4, -0.2) is 15.5 Å². The average molecular weight is 334 g/mol. The molecule has 0 spiro atoms. The van der Waals surface area contributed by atoms with E-state index in [1.165, 1.54) is 12.1 Å². The second-order valence-electron chi connectivity index (χ2n) is 5.24. The predicted molar refractivity (Wildman–Crippen MR) is 82.7 cm³/mol. The fourth-order valence-corrected chi connectivity index (χ4v) is 2.83. The number of nitrogens with zero attached hydrogens (tertiary/aromatic N) is 1. The molecule has 3 aromatic rings. The Kier molecular flexibility index (Phi) is 3.81. The zero-order valence-corrected chi connectivity index (χ0v) is 12.3. The number of fused-ring (bicyclic) bond motifs is 1. The summed E-state index contributed by atoms with van der Waals surface area (Å²) in [4.78, 5) is 11.7. The molecule has 0 aliphatic carbocycles. The molecule has 3 N–H and O–H groups in total. The van der Waals surface area contributed by atoms with Gasteiger partial charge in [-0.2, -0.15) is 13.2 Å². The third kappa shape index (κ3) is 2.52. The summed E-state index contributed by atoms with van der Waals surface area (Å²) in [7, 11) is 0. The van der Waals surface area contributed by atoms with Gasteiger partial charge in [0.2, 0.25) is 0 Å². The van der Waals surface area contributed by atoms with Crippen molar-refractivity contribution in [2.45, 2.75) is 12.7 Å². The summed E-state index contributed by atoms with van der Waals surface area (Å²) >= 11 is 0. The number of halogens is 3. The number of rotatable bonds is 3. The molecule has 1 aromatic carbocycles. The van der Waals surface area contributed by atoms with Crippen LogP contribution in [0.1, 0.15) is 21.6 Å². The van der Waals surface area contributed by atoms with Crippen molar-refractivity contribution in [3.05, 3.63) is 65.5 Å². The van der Waals surface area contributed by atoms with E-state index in [4.69, 9.17) is 5.73 Å². The summed E-state index contributed by atoms with van der Waals surface area (Å²) in [5, 5.41) is 9.58. The van der Waals surface area contributed by atoms with E-state index in [-0.39, 0.29) is 12.1 Å². The van der Waals surface area contributed by atoms with E-state index >= 15 is 0 Å². The predicted octanol–water partition coefficient (Wildman–Crippen LogP) is 3.78. The van der Waals surface area contributed by atoms with Crippen molar-refractivity contribution in [2.75, 3.05) is 0 Å². The SMILES string of the molecule is NCc1c(-c2ccc(C(F)(F)F)cc2)c(C(=O)O)c2ccccn12. The highest BCUT2D eigenvalue weighted by Gasteiger charge is 2.30. The van der Waals surface area contributed by atoms with Gasteiger partial charge in [0.05, 0.1) is 16.6 Å². The van der Waals surface area contributed by atoms with Crippen LogP contribution in [0.15, 0.2) is 48.7 Å². The quantitative estimate of drug-likeness (QED) is 0.766. The van der Waals surface area contributed by atoms with E-state index in [1.807, 2.05) is 0 Å². The number of aromatic nitrogens is 1. The molecule has 0 radical (unpaired) electrons. The highest BCUT2D eigenvalue weighted by molar-refractivity contribution is 6.04. The fourth-order valence-electron chi connectivity index (χ4n) is 2.83. The van der Waals surface area contributed by atoms with Gasteiger partial charge in [-0.15, -0.1) is 0 Å². The molecule has 0 aliphatic heterocycles. The van der Waals surface area contributed by atoms with Crippen LogP contribution in [0, 0.1) is 0 Å². The van der Waals surface area contributed by atoms with Crippen LogP contribution in [0.4, 0.5) is 13.2 Å². The topological polar surface area (TPSA) is 67.7 Å². The molecule has 2 aromatic heterocycles. The number of benzene rings is 1. The number of carboxylic acid groups (broad SMARTS) is 1. The molecule has 7 heteroatoms. The van der Waals surface area contributed by atoms with Gasteiger partial charge in [-0.1, -0.05) is 18.2 Å². The smallest absolute Gasteiger partial charge is 0.416 e. The zero-order valence-electron chi connectivity index (χ0n) is 12.3. The summed E-state index contributed by atoms with van der Waals surface area (Å²) in [5.41, 5.74) is 6.70. The van der Waals surface area contributed by atoms with Gasteiger partial charge in [-0.05, 0) is 29.8 Å². The highest BCUT2D eigenvalue weighted by atomic mass is 19.4. The van der Waals surface area contributed by atoms with Crippen molar-refractivity contribution in [3.63, 3.8) is 0 Å². The molecule has 0 unspecified atom stereocenters. The molecule has 124 valence electrons. The van der Waals surface area contributed by atoms with Crippen molar-refractivity contribution >= 4 is 11.5 Å². The number of carbonyl (C=O) groups is 1. The van der Waals surface area contributed by atoms with Crippen LogP contribution < -0.4 is 5.73 Å². The van der Waals surface area contributed by atoms with E-state index in [1.54, 1.807) is 28.8 Å². The largest absolute Gasteiger partial charge is 0.478 e. The second-order valence-corrected chi connectivity index (χ2v) is 5.24. The van der Waals surface area contributed by atoms with E-state index < -0.39 is 17.7 Å².